The van der Waals surface area contributed by atoms with Crippen LogP contribution in [0.25, 0.3) is 0 Å². The summed E-state index contributed by atoms with van der Waals surface area (Å²) in [5, 5.41) is 21.1. The predicted octanol–water partition coefficient (Wildman–Crippen LogP) is 4.68. The fourth-order valence-corrected chi connectivity index (χ4v) is 3.18. The predicted molar refractivity (Wildman–Crippen MR) is 101 cm³/mol. The molecule has 128 valence electrons. The number of aliphatic hydroxyl groups is 2. The highest BCUT2D eigenvalue weighted by atomic mass is 16.3. The third-order valence-corrected chi connectivity index (χ3v) is 4.62. The van der Waals surface area contributed by atoms with Crippen molar-refractivity contribution in [2.75, 3.05) is 0 Å². The second-order valence-electron chi connectivity index (χ2n) is 6.60. The average Bonchev–Trinajstić information content (AvgIpc) is 2.68. The standard InChI is InChI=1S/C23H24O2/c1-17(22(24)19-10-4-2-5-11-19)15-18-9-8-14-21(16-18)23(25)20-12-6-3-7-13-20/h2-14,16-17,22-25H,15H2,1H3. The van der Waals surface area contributed by atoms with Crippen LogP contribution in [0.2, 0.25) is 0 Å². The molecule has 0 bridgehead atoms. The maximum absolute atomic E-state index is 10.6. The van der Waals surface area contributed by atoms with Crippen molar-refractivity contribution in [1.82, 2.24) is 0 Å². The van der Waals surface area contributed by atoms with E-state index in [-0.39, 0.29) is 5.92 Å². The summed E-state index contributed by atoms with van der Waals surface area (Å²) in [7, 11) is 0. The quantitative estimate of drug-likeness (QED) is 0.688. The van der Waals surface area contributed by atoms with Crippen LogP contribution in [0.3, 0.4) is 0 Å². The van der Waals surface area contributed by atoms with Gasteiger partial charge in [-0.1, -0.05) is 91.9 Å². The van der Waals surface area contributed by atoms with E-state index in [9.17, 15) is 10.2 Å². The summed E-state index contributed by atoms with van der Waals surface area (Å²) < 4.78 is 0. The highest BCUT2D eigenvalue weighted by Gasteiger charge is 2.17. The Morgan fingerprint density at radius 1 is 0.680 bits per heavy atom. The molecule has 0 fully saturated rings. The fourth-order valence-electron chi connectivity index (χ4n) is 3.18. The molecule has 0 aliphatic rings. The van der Waals surface area contributed by atoms with Crippen LogP contribution in [-0.4, -0.2) is 10.2 Å². The van der Waals surface area contributed by atoms with Crippen LogP contribution in [0.4, 0.5) is 0 Å². The van der Waals surface area contributed by atoms with Crippen LogP contribution < -0.4 is 0 Å². The van der Waals surface area contributed by atoms with E-state index in [0.29, 0.717) is 0 Å². The van der Waals surface area contributed by atoms with Gasteiger partial charge in [-0.2, -0.15) is 0 Å². The minimum Gasteiger partial charge on any atom is -0.388 e. The van der Waals surface area contributed by atoms with Crippen molar-refractivity contribution >= 4 is 0 Å². The van der Waals surface area contributed by atoms with Crippen molar-refractivity contribution in [3.05, 3.63) is 107 Å². The zero-order valence-corrected chi connectivity index (χ0v) is 14.4. The van der Waals surface area contributed by atoms with Gasteiger partial charge in [0.15, 0.2) is 0 Å². The first kappa shape index (κ1) is 17.4. The van der Waals surface area contributed by atoms with Gasteiger partial charge in [-0.3, -0.25) is 0 Å². The molecule has 0 aliphatic heterocycles. The van der Waals surface area contributed by atoms with Gasteiger partial charge in [-0.05, 0) is 34.6 Å². The van der Waals surface area contributed by atoms with Gasteiger partial charge >= 0.3 is 0 Å². The second kappa shape index (κ2) is 8.11. The Balaban J connectivity index is 1.73. The van der Waals surface area contributed by atoms with Gasteiger partial charge in [-0.25, -0.2) is 0 Å². The lowest BCUT2D eigenvalue weighted by Gasteiger charge is -2.20. The average molecular weight is 332 g/mol. The topological polar surface area (TPSA) is 40.5 Å². The molecular weight excluding hydrogens is 308 g/mol. The van der Waals surface area contributed by atoms with E-state index in [1.54, 1.807) is 0 Å². The molecule has 3 rings (SSSR count). The molecule has 0 saturated carbocycles. The molecule has 3 unspecified atom stereocenters. The van der Waals surface area contributed by atoms with Crippen LogP contribution in [0.1, 0.15) is 41.4 Å². The summed E-state index contributed by atoms with van der Waals surface area (Å²) in [6.45, 7) is 2.05. The molecule has 0 radical (unpaired) electrons. The van der Waals surface area contributed by atoms with Crippen molar-refractivity contribution in [3.8, 4) is 0 Å². The van der Waals surface area contributed by atoms with Crippen molar-refractivity contribution in [2.45, 2.75) is 25.6 Å². The highest BCUT2D eigenvalue weighted by molar-refractivity contribution is 5.33. The van der Waals surface area contributed by atoms with Crippen molar-refractivity contribution < 1.29 is 10.2 Å². The molecule has 0 heterocycles. The van der Waals surface area contributed by atoms with E-state index < -0.39 is 12.2 Å². The number of benzene rings is 3. The lowest BCUT2D eigenvalue weighted by atomic mass is 9.90. The Bertz CT molecular complexity index is 783. The highest BCUT2D eigenvalue weighted by Crippen LogP contribution is 2.27. The summed E-state index contributed by atoms with van der Waals surface area (Å²) in [6.07, 6.45) is -0.370. The van der Waals surface area contributed by atoms with E-state index in [0.717, 1.165) is 28.7 Å². The molecule has 0 aromatic heterocycles. The van der Waals surface area contributed by atoms with E-state index in [4.69, 9.17) is 0 Å². The van der Waals surface area contributed by atoms with Crippen molar-refractivity contribution in [1.29, 1.82) is 0 Å². The van der Waals surface area contributed by atoms with Gasteiger partial charge in [0.25, 0.3) is 0 Å². The molecule has 0 amide bonds. The number of hydrogen-bond acceptors (Lipinski definition) is 2. The largest absolute Gasteiger partial charge is 0.388 e. The van der Waals surface area contributed by atoms with E-state index in [2.05, 4.69) is 13.0 Å². The summed E-state index contributed by atoms with van der Waals surface area (Å²) in [4.78, 5) is 0. The normalized spacial score (nSPS) is 14.7. The maximum atomic E-state index is 10.6. The Labute approximate surface area is 149 Å². The summed E-state index contributed by atoms with van der Waals surface area (Å²) in [5.41, 5.74) is 3.83. The molecule has 2 nitrogen and oxygen atoms in total. The van der Waals surface area contributed by atoms with Gasteiger partial charge in [0, 0.05) is 0 Å². The first-order valence-corrected chi connectivity index (χ1v) is 8.70. The third kappa shape index (κ3) is 4.36. The molecule has 2 heteroatoms. The van der Waals surface area contributed by atoms with E-state index >= 15 is 0 Å². The van der Waals surface area contributed by atoms with Crippen LogP contribution >= 0.6 is 0 Å². The second-order valence-corrected chi connectivity index (χ2v) is 6.60. The van der Waals surface area contributed by atoms with Crippen LogP contribution in [0, 0.1) is 5.92 Å². The van der Waals surface area contributed by atoms with Crippen LogP contribution in [-0.2, 0) is 6.42 Å². The van der Waals surface area contributed by atoms with E-state index in [1.807, 2.05) is 78.9 Å². The monoisotopic (exact) mass is 332 g/mol. The molecule has 25 heavy (non-hydrogen) atoms. The maximum Gasteiger partial charge on any atom is 0.104 e. The molecule has 3 atom stereocenters. The molecule has 0 spiro atoms. The number of rotatable bonds is 6. The molecule has 2 N–H and O–H groups in total. The molecular formula is C23H24O2. The summed E-state index contributed by atoms with van der Waals surface area (Å²) in [5.74, 6) is 0.0894. The van der Waals surface area contributed by atoms with Crippen molar-refractivity contribution in [2.24, 2.45) is 5.92 Å². The Hall–Kier alpha value is -2.42. The Kier molecular flexibility index (Phi) is 5.64. The molecule has 3 aromatic carbocycles. The van der Waals surface area contributed by atoms with Crippen LogP contribution in [0.15, 0.2) is 84.9 Å². The summed E-state index contributed by atoms with van der Waals surface area (Å²) in [6, 6.07) is 27.4. The first-order valence-electron chi connectivity index (χ1n) is 8.70. The van der Waals surface area contributed by atoms with Gasteiger partial charge in [0.05, 0.1) is 6.10 Å². The minimum absolute atomic E-state index is 0.0894. The number of hydrogen-bond donors (Lipinski definition) is 2. The van der Waals surface area contributed by atoms with Crippen LogP contribution in [0.5, 0.6) is 0 Å². The Morgan fingerprint density at radius 3 is 1.88 bits per heavy atom. The Morgan fingerprint density at radius 2 is 1.24 bits per heavy atom. The third-order valence-electron chi connectivity index (χ3n) is 4.62. The molecule has 0 aliphatic carbocycles. The minimum atomic E-state index is -0.629. The zero-order chi connectivity index (χ0) is 17.6. The number of aliphatic hydroxyl groups excluding tert-OH is 2. The van der Waals surface area contributed by atoms with Gasteiger partial charge < -0.3 is 10.2 Å². The van der Waals surface area contributed by atoms with Gasteiger partial charge in [0.1, 0.15) is 6.10 Å². The van der Waals surface area contributed by atoms with Gasteiger partial charge in [0.2, 0.25) is 0 Å². The SMILES string of the molecule is CC(Cc1cccc(C(O)c2ccccc2)c1)C(O)c1ccccc1. The first-order chi connectivity index (χ1) is 12.1. The summed E-state index contributed by atoms with van der Waals surface area (Å²) >= 11 is 0. The molecule has 0 saturated heterocycles. The fraction of sp³-hybridized carbons (Fsp3) is 0.217. The molecule has 3 aromatic rings. The lowest BCUT2D eigenvalue weighted by molar-refractivity contribution is 0.117. The van der Waals surface area contributed by atoms with E-state index in [1.165, 1.54) is 0 Å². The lowest BCUT2D eigenvalue weighted by Crippen LogP contribution is -2.12. The smallest absolute Gasteiger partial charge is 0.104 e. The van der Waals surface area contributed by atoms with Crippen molar-refractivity contribution in [3.63, 3.8) is 0 Å². The van der Waals surface area contributed by atoms with Gasteiger partial charge in [-0.15, -0.1) is 0 Å². The zero-order valence-electron chi connectivity index (χ0n) is 14.4.